The highest BCUT2D eigenvalue weighted by Gasteiger charge is 2.73. The predicted octanol–water partition coefficient (Wildman–Crippen LogP) is 2.14. The first-order chi connectivity index (χ1) is 22.7. The number of ketones is 4. The third kappa shape index (κ3) is 4.16. The van der Waals surface area contributed by atoms with Gasteiger partial charge in [0.05, 0.1) is 40.9 Å². The number of thiazole rings is 1. The van der Waals surface area contributed by atoms with Gasteiger partial charge in [0.2, 0.25) is 5.91 Å². The number of aliphatic hydroxyl groups is 2. The van der Waals surface area contributed by atoms with E-state index in [4.69, 9.17) is 10.7 Å². The number of nitrogens with two attached hydrogens (primary N) is 1. The number of anilines is 2. The Morgan fingerprint density at radius 1 is 1.04 bits per heavy atom. The highest BCUT2D eigenvalue weighted by Crippen LogP contribution is 2.60. The maximum atomic E-state index is 14.2. The zero-order valence-electron chi connectivity index (χ0n) is 27.0. The number of amides is 1. The number of fused-ring (bicyclic) bond motifs is 3. The molecule has 0 aliphatic heterocycles. The van der Waals surface area contributed by atoms with E-state index in [0.29, 0.717) is 28.4 Å². The van der Waals surface area contributed by atoms with Crippen molar-refractivity contribution in [2.75, 3.05) is 19.4 Å². The largest absolute Gasteiger partial charge is 0.505 e. The van der Waals surface area contributed by atoms with Crippen LogP contribution >= 0.6 is 11.3 Å². The van der Waals surface area contributed by atoms with E-state index in [1.165, 1.54) is 62.4 Å². The summed E-state index contributed by atoms with van der Waals surface area (Å²) in [5, 5.41) is 41.0. The SMILES string of the molecule is C[C@@H]1c2ccc(Nc3nc(C4C5CC6CC(C5)CC4C6)cs3)c(O)c2C(=O)C2C(=O)[C@@]3(O)C(=O)C(C(N)=O)C(=O)[C@H](N(C)C)[C@H]3[C@H](O)[C@H]21. The highest BCUT2D eigenvalue weighted by atomic mass is 32.1. The summed E-state index contributed by atoms with van der Waals surface area (Å²) in [7, 11) is 2.93. The Hall–Kier alpha value is -3.52. The number of phenols is 1. The second-order valence-corrected chi connectivity index (χ2v) is 16.3. The molecule has 2 unspecified atom stereocenters. The van der Waals surface area contributed by atoms with E-state index in [0.717, 1.165) is 17.5 Å². The maximum Gasteiger partial charge on any atom is 0.235 e. The molecule has 1 heterocycles. The molecule has 0 spiro atoms. The summed E-state index contributed by atoms with van der Waals surface area (Å²) < 4.78 is 0. The van der Waals surface area contributed by atoms with E-state index in [2.05, 4.69) is 10.7 Å². The fourth-order valence-corrected chi connectivity index (χ4v) is 11.9. The number of carbonyl (C=O) groups is 5. The fourth-order valence-electron chi connectivity index (χ4n) is 11.1. The molecule has 6 saturated carbocycles. The minimum Gasteiger partial charge on any atom is -0.505 e. The first-order valence-corrected chi connectivity index (χ1v) is 17.7. The summed E-state index contributed by atoms with van der Waals surface area (Å²) in [6.07, 6.45) is 4.74. The molecule has 254 valence electrons. The summed E-state index contributed by atoms with van der Waals surface area (Å²) >= 11 is 1.43. The van der Waals surface area contributed by atoms with Crippen molar-refractivity contribution >= 4 is 51.2 Å². The van der Waals surface area contributed by atoms with Crippen molar-refractivity contribution in [3.63, 3.8) is 0 Å². The number of aromatic hydroxyl groups is 1. The lowest BCUT2D eigenvalue weighted by molar-refractivity contribution is -0.196. The average molecular weight is 677 g/mol. The van der Waals surface area contributed by atoms with Crippen molar-refractivity contribution in [3.8, 4) is 5.75 Å². The van der Waals surface area contributed by atoms with Crippen molar-refractivity contribution in [1.82, 2.24) is 9.88 Å². The first-order valence-electron chi connectivity index (χ1n) is 16.8. The van der Waals surface area contributed by atoms with Crippen LogP contribution in [0.4, 0.5) is 10.8 Å². The number of Topliss-reactive ketones (excluding diaryl/α,β-unsaturated/α-hetero) is 4. The molecule has 7 aliphatic carbocycles. The molecular formula is C35H40N4O8S. The number of likely N-dealkylation sites (N-methyl/N-ethyl adjacent to an activating group) is 1. The van der Waals surface area contributed by atoms with Crippen LogP contribution in [0.15, 0.2) is 17.5 Å². The minimum atomic E-state index is -3.03. The first kappa shape index (κ1) is 31.7. The normalized spacial score (nSPS) is 41.3. The Bertz CT molecular complexity index is 1760. The second-order valence-electron chi connectivity index (χ2n) is 15.5. The molecule has 4 bridgehead atoms. The molecule has 6 N–H and O–H groups in total. The van der Waals surface area contributed by atoms with E-state index in [-0.39, 0.29) is 11.3 Å². The zero-order chi connectivity index (χ0) is 34.1. The molecule has 12 nitrogen and oxygen atoms in total. The lowest BCUT2D eigenvalue weighted by Crippen LogP contribution is -2.77. The average Bonchev–Trinajstić information content (AvgIpc) is 3.47. The van der Waals surface area contributed by atoms with Crippen molar-refractivity contribution in [2.45, 2.75) is 68.6 Å². The van der Waals surface area contributed by atoms with Crippen LogP contribution in [0.5, 0.6) is 5.75 Å². The maximum absolute atomic E-state index is 14.2. The van der Waals surface area contributed by atoms with E-state index in [1.807, 2.05) is 0 Å². The molecule has 13 heteroatoms. The number of carbonyl (C=O) groups excluding carboxylic acids is 5. The van der Waals surface area contributed by atoms with Gasteiger partial charge in [0.25, 0.3) is 0 Å². The monoisotopic (exact) mass is 676 g/mol. The zero-order valence-corrected chi connectivity index (χ0v) is 27.8. The van der Waals surface area contributed by atoms with Gasteiger partial charge in [0, 0.05) is 17.2 Å². The summed E-state index contributed by atoms with van der Waals surface area (Å²) in [6.45, 7) is 1.69. The summed E-state index contributed by atoms with van der Waals surface area (Å²) in [5.74, 6) is -10.0. The number of hydrogen-bond acceptors (Lipinski definition) is 12. The Balaban J connectivity index is 1.13. The topological polar surface area (TPSA) is 200 Å². The lowest BCUT2D eigenvalue weighted by atomic mass is 9.49. The number of aromatic nitrogens is 1. The molecule has 1 aromatic carbocycles. The third-order valence-corrected chi connectivity index (χ3v) is 13.6. The van der Waals surface area contributed by atoms with Crippen LogP contribution in [-0.4, -0.2) is 86.1 Å². The smallest absolute Gasteiger partial charge is 0.235 e. The predicted molar refractivity (Wildman–Crippen MR) is 173 cm³/mol. The van der Waals surface area contributed by atoms with Gasteiger partial charge in [-0.15, -0.1) is 11.3 Å². The molecule has 0 saturated heterocycles. The summed E-state index contributed by atoms with van der Waals surface area (Å²) in [4.78, 5) is 73.9. The number of primary amides is 1. The Labute approximate surface area is 281 Å². The van der Waals surface area contributed by atoms with Crippen molar-refractivity contribution in [1.29, 1.82) is 0 Å². The number of rotatable bonds is 5. The van der Waals surface area contributed by atoms with Crippen molar-refractivity contribution in [3.05, 3.63) is 34.3 Å². The number of aliphatic hydroxyl groups excluding tert-OH is 1. The van der Waals surface area contributed by atoms with Gasteiger partial charge in [-0.2, -0.15) is 0 Å². The van der Waals surface area contributed by atoms with Crippen molar-refractivity contribution < 1.29 is 39.3 Å². The van der Waals surface area contributed by atoms with Crippen molar-refractivity contribution in [2.24, 2.45) is 53.1 Å². The Kier molecular flexibility index (Phi) is 7.10. The molecule has 7 aliphatic rings. The molecule has 8 atom stereocenters. The van der Waals surface area contributed by atoms with Crippen LogP contribution in [0.25, 0.3) is 0 Å². The third-order valence-electron chi connectivity index (χ3n) is 12.8. The number of hydrogen-bond donors (Lipinski definition) is 5. The van der Waals surface area contributed by atoms with Crippen LogP contribution in [0.1, 0.15) is 72.5 Å². The van der Waals surface area contributed by atoms with Gasteiger partial charge in [-0.05, 0) is 87.4 Å². The summed E-state index contributed by atoms with van der Waals surface area (Å²) in [5.41, 5.74) is 3.87. The molecule has 9 rings (SSSR count). The standard InChI is InChI=1S/C35H40N4O8S/c1-12-17-4-5-18(37-34-38-19(11-48-34)21-15-7-13-6-14(9-15)10-16(21)8-13)27(40)22(17)28(41)23-20(12)29(42)25-26(39(2)3)30(43)24(33(36)46)32(45)35(25,47)31(23)44/h4-5,11-16,20-21,23-26,29,40,42,47H,6-10H2,1-3H3,(H2,36,46)(H,37,38)/t12-,13?,14?,15?,16?,20+,21?,23?,24?,25+,26-,29-,35-/m1/s1. The van der Waals surface area contributed by atoms with Gasteiger partial charge in [-0.25, -0.2) is 4.98 Å². The molecule has 6 fully saturated rings. The number of phenolic OH excluding ortho intramolecular Hbond substituents is 1. The van der Waals surface area contributed by atoms with Gasteiger partial charge in [0.1, 0.15) is 5.75 Å². The second kappa shape index (κ2) is 10.7. The van der Waals surface area contributed by atoms with E-state index in [1.54, 1.807) is 19.1 Å². The number of benzene rings is 1. The van der Waals surface area contributed by atoms with E-state index >= 15 is 0 Å². The lowest BCUT2D eigenvalue weighted by Gasteiger charge is -2.56. The van der Waals surface area contributed by atoms with Gasteiger partial charge >= 0.3 is 0 Å². The fraction of sp³-hybridized carbons (Fsp3) is 0.600. The molecule has 1 amide bonds. The number of nitrogens with one attached hydrogen (secondary N) is 1. The summed E-state index contributed by atoms with van der Waals surface area (Å²) in [6, 6.07) is 1.88. The van der Waals surface area contributed by atoms with Crippen LogP contribution in [0.2, 0.25) is 0 Å². The van der Waals surface area contributed by atoms with Gasteiger partial charge in [-0.1, -0.05) is 13.0 Å². The van der Waals surface area contributed by atoms with Gasteiger partial charge < -0.3 is 26.4 Å². The minimum absolute atomic E-state index is 0.149. The van der Waals surface area contributed by atoms with Crippen LogP contribution in [0, 0.1) is 47.3 Å². The van der Waals surface area contributed by atoms with Crippen LogP contribution < -0.4 is 11.1 Å². The molecule has 1 aromatic heterocycles. The van der Waals surface area contributed by atoms with Gasteiger partial charge in [-0.3, -0.25) is 28.9 Å². The molecule has 2 aromatic rings. The molecule has 48 heavy (non-hydrogen) atoms. The van der Waals surface area contributed by atoms with E-state index < -0.39 is 82.1 Å². The van der Waals surface area contributed by atoms with E-state index in [9.17, 15) is 39.3 Å². The number of nitrogens with zero attached hydrogens (tertiary/aromatic N) is 2. The highest BCUT2D eigenvalue weighted by molar-refractivity contribution is 7.13. The Morgan fingerprint density at radius 2 is 1.69 bits per heavy atom. The van der Waals surface area contributed by atoms with Crippen LogP contribution in [0.3, 0.4) is 0 Å². The quantitative estimate of drug-likeness (QED) is 0.230. The molecular weight excluding hydrogens is 636 g/mol. The van der Waals surface area contributed by atoms with Gasteiger partial charge in [0.15, 0.2) is 39.8 Å². The Morgan fingerprint density at radius 3 is 2.29 bits per heavy atom. The van der Waals surface area contributed by atoms with Crippen LogP contribution in [-0.2, 0) is 19.2 Å². The molecule has 0 radical (unpaired) electrons.